The first-order valence-corrected chi connectivity index (χ1v) is 7.88. The van der Waals surface area contributed by atoms with Crippen molar-refractivity contribution < 1.29 is 14.3 Å². The Bertz CT molecular complexity index is 434. The Hall–Kier alpha value is -1.51. The summed E-state index contributed by atoms with van der Waals surface area (Å²) >= 11 is 0. The number of carbonyl (C=O) groups is 1. The lowest BCUT2D eigenvalue weighted by molar-refractivity contribution is -0.151. The molecular weight excluding hydrogens is 264 g/mol. The molecule has 0 bridgehead atoms. The molecule has 0 aliphatic carbocycles. The van der Waals surface area contributed by atoms with E-state index in [-0.39, 0.29) is 11.4 Å². The summed E-state index contributed by atoms with van der Waals surface area (Å²) < 4.78 is 10.9. The van der Waals surface area contributed by atoms with Gasteiger partial charge in [-0.2, -0.15) is 0 Å². The van der Waals surface area contributed by atoms with Crippen molar-refractivity contribution in [3.63, 3.8) is 0 Å². The zero-order valence-corrected chi connectivity index (χ0v) is 13.9. The number of benzene rings is 1. The van der Waals surface area contributed by atoms with Crippen molar-refractivity contribution >= 4 is 5.97 Å². The number of ether oxygens (including phenoxy) is 2. The molecule has 0 fully saturated rings. The average Bonchev–Trinajstić information content (AvgIpc) is 2.47. The van der Waals surface area contributed by atoms with Crippen molar-refractivity contribution in [3.8, 4) is 5.75 Å². The first kappa shape index (κ1) is 17.5. The first-order chi connectivity index (χ1) is 9.94. The Kier molecular flexibility index (Phi) is 6.73. The van der Waals surface area contributed by atoms with E-state index in [1.807, 2.05) is 26.0 Å². The molecule has 0 aliphatic heterocycles. The number of rotatable bonds is 8. The van der Waals surface area contributed by atoms with Gasteiger partial charge in [0.15, 0.2) is 6.10 Å². The van der Waals surface area contributed by atoms with Crippen LogP contribution >= 0.6 is 0 Å². The van der Waals surface area contributed by atoms with Crippen LogP contribution in [-0.2, 0) is 14.9 Å². The normalized spacial score (nSPS) is 12.8. The highest BCUT2D eigenvalue weighted by molar-refractivity contribution is 5.75. The highest BCUT2D eigenvalue weighted by atomic mass is 16.6. The topological polar surface area (TPSA) is 35.5 Å². The third-order valence-corrected chi connectivity index (χ3v) is 3.90. The van der Waals surface area contributed by atoms with E-state index in [0.29, 0.717) is 13.0 Å². The largest absolute Gasteiger partial charge is 0.479 e. The van der Waals surface area contributed by atoms with Crippen LogP contribution in [0.25, 0.3) is 0 Å². The van der Waals surface area contributed by atoms with Crippen LogP contribution < -0.4 is 4.74 Å². The molecule has 1 unspecified atom stereocenters. The van der Waals surface area contributed by atoms with Gasteiger partial charge in [-0.15, -0.1) is 0 Å². The van der Waals surface area contributed by atoms with E-state index in [0.717, 1.165) is 18.6 Å². The summed E-state index contributed by atoms with van der Waals surface area (Å²) in [5.41, 5.74) is 1.43. The first-order valence-electron chi connectivity index (χ1n) is 7.88. The maximum atomic E-state index is 11.9. The van der Waals surface area contributed by atoms with E-state index in [4.69, 9.17) is 9.47 Å². The van der Waals surface area contributed by atoms with E-state index in [1.165, 1.54) is 5.56 Å². The molecule has 3 heteroatoms. The van der Waals surface area contributed by atoms with Crippen LogP contribution in [0, 0.1) is 0 Å². The Morgan fingerprint density at radius 3 is 2.24 bits per heavy atom. The molecule has 0 radical (unpaired) electrons. The van der Waals surface area contributed by atoms with Crippen LogP contribution in [0.3, 0.4) is 0 Å². The van der Waals surface area contributed by atoms with E-state index < -0.39 is 6.10 Å². The smallest absolute Gasteiger partial charge is 0.347 e. The summed E-state index contributed by atoms with van der Waals surface area (Å²) in [7, 11) is 0. The van der Waals surface area contributed by atoms with Gasteiger partial charge in [-0.1, -0.05) is 46.2 Å². The summed E-state index contributed by atoms with van der Waals surface area (Å²) in [6.45, 7) is 10.8. The Morgan fingerprint density at radius 1 is 1.14 bits per heavy atom. The SMILES string of the molecule is CCCC(Oc1ccc(C(C)(C)CC)cc1)C(=O)OCC. The van der Waals surface area contributed by atoms with Gasteiger partial charge >= 0.3 is 5.97 Å². The molecule has 1 atom stereocenters. The summed E-state index contributed by atoms with van der Waals surface area (Å²) in [6, 6.07) is 8.03. The molecule has 1 aromatic carbocycles. The molecule has 0 saturated heterocycles. The highest BCUT2D eigenvalue weighted by Gasteiger charge is 2.22. The Balaban J connectivity index is 2.78. The zero-order chi connectivity index (χ0) is 15.9. The summed E-state index contributed by atoms with van der Waals surface area (Å²) in [5.74, 6) is 0.439. The fourth-order valence-corrected chi connectivity index (χ4v) is 2.08. The maximum Gasteiger partial charge on any atom is 0.347 e. The van der Waals surface area contributed by atoms with Gasteiger partial charge in [0.2, 0.25) is 0 Å². The van der Waals surface area contributed by atoms with Gasteiger partial charge in [0.05, 0.1) is 6.61 Å². The average molecular weight is 292 g/mol. The standard InChI is InChI=1S/C18H28O3/c1-6-9-16(17(19)20-8-3)21-15-12-10-14(11-13-15)18(4,5)7-2/h10-13,16H,6-9H2,1-5H3. The lowest BCUT2D eigenvalue weighted by Gasteiger charge is -2.24. The summed E-state index contributed by atoms with van der Waals surface area (Å²) in [4.78, 5) is 11.9. The van der Waals surface area contributed by atoms with Gasteiger partial charge < -0.3 is 9.47 Å². The second-order valence-electron chi connectivity index (χ2n) is 5.91. The van der Waals surface area contributed by atoms with E-state index in [9.17, 15) is 4.79 Å². The fourth-order valence-electron chi connectivity index (χ4n) is 2.08. The van der Waals surface area contributed by atoms with E-state index in [2.05, 4.69) is 32.9 Å². The third kappa shape index (κ3) is 5.07. The van der Waals surface area contributed by atoms with Gasteiger partial charge in [-0.05, 0) is 42.9 Å². The third-order valence-electron chi connectivity index (χ3n) is 3.90. The maximum absolute atomic E-state index is 11.9. The molecule has 0 spiro atoms. The van der Waals surface area contributed by atoms with Crippen molar-refractivity contribution in [1.82, 2.24) is 0 Å². The van der Waals surface area contributed by atoms with Gasteiger partial charge in [0.1, 0.15) is 5.75 Å². The van der Waals surface area contributed by atoms with Gasteiger partial charge in [0, 0.05) is 0 Å². The summed E-state index contributed by atoms with van der Waals surface area (Å²) in [6.07, 6.45) is 2.11. The number of carbonyl (C=O) groups excluding carboxylic acids is 1. The van der Waals surface area contributed by atoms with Crippen molar-refractivity contribution in [2.75, 3.05) is 6.61 Å². The van der Waals surface area contributed by atoms with Crippen LogP contribution in [0.2, 0.25) is 0 Å². The number of hydrogen-bond donors (Lipinski definition) is 0. The van der Waals surface area contributed by atoms with Crippen LogP contribution in [0.5, 0.6) is 5.75 Å². The molecule has 118 valence electrons. The molecule has 0 aromatic heterocycles. The molecule has 0 aliphatic rings. The monoisotopic (exact) mass is 292 g/mol. The Labute approximate surface area is 128 Å². The predicted octanol–water partition coefficient (Wildman–Crippen LogP) is 4.48. The molecule has 0 heterocycles. The van der Waals surface area contributed by atoms with E-state index >= 15 is 0 Å². The second kappa shape index (κ2) is 8.06. The quantitative estimate of drug-likeness (QED) is 0.662. The van der Waals surface area contributed by atoms with Gasteiger partial charge in [-0.25, -0.2) is 4.79 Å². The van der Waals surface area contributed by atoms with Crippen molar-refractivity contribution in [1.29, 1.82) is 0 Å². The van der Waals surface area contributed by atoms with Crippen molar-refractivity contribution in [3.05, 3.63) is 29.8 Å². The summed E-state index contributed by atoms with van der Waals surface area (Å²) in [5, 5.41) is 0. The minimum Gasteiger partial charge on any atom is -0.479 e. The second-order valence-corrected chi connectivity index (χ2v) is 5.91. The van der Waals surface area contributed by atoms with Crippen LogP contribution in [0.1, 0.15) is 59.4 Å². The minimum atomic E-state index is -0.514. The van der Waals surface area contributed by atoms with Gasteiger partial charge in [-0.3, -0.25) is 0 Å². The fraction of sp³-hybridized carbons (Fsp3) is 0.611. The van der Waals surface area contributed by atoms with Gasteiger partial charge in [0.25, 0.3) is 0 Å². The van der Waals surface area contributed by atoms with Crippen LogP contribution in [0.4, 0.5) is 0 Å². The van der Waals surface area contributed by atoms with Crippen LogP contribution in [0.15, 0.2) is 24.3 Å². The molecule has 0 N–H and O–H groups in total. The molecular formula is C18H28O3. The lowest BCUT2D eigenvalue weighted by atomic mass is 9.82. The number of hydrogen-bond acceptors (Lipinski definition) is 3. The Morgan fingerprint density at radius 2 is 1.76 bits per heavy atom. The molecule has 1 rings (SSSR count). The molecule has 0 amide bonds. The molecule has 3 nitrogen and oxygen atoms in total. The molecule has 0 saturated carbocycles. The highest BCUT2D eigenvalue weighted by Crippen LogP contribution is 2.28. The van der Waals surface area contributed by atoms with Crippen LogP contribution in [-0.4, -0.2) is 18.7 Å². The molecule has 1 aromatic rings. The minimum absolute atomic E-state index is 0.155. The lowest BCUT2D eigenvalue weighted by Crippen LogP contribution is -2.29. The van der Waals surface area contributed by atoms with E-state index in [1.54, 1.807) is 0 Å². The number of esters is 1. The van der Waals surface area contributed by atoms with Crippen molar-refractivity contribution in [2.24, 2.45) is 0 Å². The zero-order valence-electron chi connectivity index (χ0n) is 13.9. The predicted molar refractivity (Wildman–Crippen MR) is 85.7 cm³/mol. The molecule has 21 heavy (non-hydrogen) atoms. The van der Waals surface area contributed by atoms with Crippen molar-refractivity contribution in [2.45, 2.75) is 65.4 Å².